The highest BCUT2D eigenvalue weighted by Gasteiger charge is 2.26. The van der Waals surface area contributed by atoms with Crippen molar-refractivity contribution in [3.8, 4) is 0 Å². The largest absolute Gasteiger partial charge is 0.392 e. The molecule has 4 nitrogen and oxygen atoms in total. The number of aliphatic hydroxyl groups is 1. The first-order valence-electron chi connectivity index (χ1n) is 6.47. The van der Waals surface area contributed by atoms with Crippen LogP contribution < -0.4 is 0 Å². The monoisotopic (exact) mass is 339 g/mol. The third-order valence-electron chi connectivity index (χ3n) is 3.00. The molecule has 0 unspecified atom stereocenters. The third-order valence-corrected chi connectivity index (χ3v) is 5.79. The highest BCUT2D eigenvalue weighted by atomic mass is 35.5. The molecular formula is C13H19Cl2NO3S. The van der Waals surface area contributed by atoms with Gasteiger partial charge in [-0.1, -0.05) is 43.5 Å². The summed E-state index contributed by atoms with van der Waals surface area (Å²) in [4.78, 5) is -0.00873. The van der Waals surface area contributed by atoms with E-state index >= 15 is 0 Å². The minimum Gasteiger partial charge on any atom is -0.392 e. The first-order valence-corrected chi connectivity index (χ1v) is 8.67. The van der Waals surface area contributed by atoms with Gasteiger partial charge >= 0.3 is 0 Å². The Morgan fingerprint density at radius 2 is 1.85 bits per heavy atom. The maximum absolute atomic E-state index is 12.6. The number of unbranched alkanes of at least 4 members (excludes halogenated alkanes) is 1. The third kappa shape index (κ3) is 3.86. The molecule has 0 amide bonds. The number of aliphatic hydroxyl groups excluding tert-OH is 1. The predicted octanol–water partition coefficient (Wildman–Crippen LogP) is 3.30. The molecule has 0 radical (unpaired) electrons. The topological polar surface area (TPSA) is 57.6 Å². The summed E-state index contributed by atoms with van der Waals surface area (Å²) in [6, 6.07) is 2.70. The van der Waals surface area contributed by atoms with E-state index in [-0.39, 0.29) is 21.5 Å². The Morgan fingerprint density at radius 1 is 1.20 bits per heavy atom. The molecule has 0 saturated heterocycles. The average molecular weight is 340 g/mol. The summed E-state index contributed by atoms with van der Waals surface area (Å²) in [6.07, 6.45) is 1.69. The van der Waals surface area contributed by atoms with Crippen LogP contribution in [0.2, 0.25) is 10.0 Å². The SMILES string of the molecule is CCCCN(CC)S(=O)(=O)c1cc(CO)c(Cl)cc1Cl. The lowest BCUT2D eigenvalue weighted by molar-refractivity contribution is 0.281. The fourth-order valence-electron chi connectivity index (χ4n) is 1.81. The number of hydrogen-bond acceptors (Lipinski definition) is 3. The Labute approximate surface area is 130 Å². The molecule has 0 bridgehead atoms. The van der Waals surface area contributed by atoms with Crippen molar-refractivity contribution in [2.75, 3.05) is 13.1 Å². The van der Waals surface area contributed by atoms with Gasteiger partial charge in [0.1, 0.15) is 4.90 Å². The summed E-state index contributed by atoms with van der Waals surface area (Å²) in [7, 11) is -3.67. The molecule has 0 spiro atoms. The van der Waals surface area contributed by atoms with Crippen molar-refractivity contribution in [1.29, 1.82) is 0 Å². The molecule has 1 N–H and O–H groups in total. The van der Waals surface area contributed by atoms with Gasteiger partial charge in [-0.25, -0.2) is 8.42 Å². The maximum atomic E-state index is 12.6. The summed E-state index contributed by atoms with van der Waals surface area (Å²) < 4.78 is 26.6. The quantitative estimate of drug-likeness (QED) is 0.829. The van der Waals surface area contributed by atoms with Gasteiger partial charge in [-0.2, -0.15) is 4.31 Å². The van der Waals surface area contributed by atoms with Crippen LogP contribution in [0.25, 0.3) is 0 Å². The van der Waals surface area contributed by atoms with Crippen LogP contribution >= 0.6 is 23.2 Å². The molecule has 0 aliphatic heterocycles. The van der Waals surface area contributed by atoms with E-state index in [1.165, 1.54) is 16.4 Å². The zero-order valence-electron chi connectivity index (χ0n) is 11.6. The molecule has 1 rings (SSSR count). The Balaban J connectivity index is 3.26. The molecule has 0 aliphatic carbocycles. The van der Waals surface area contributed by atoms with Crippen LogP contribution in [0.1, 0.15) is 32.3 Å². The Kier molecular flexibility index (Phi) is 6.75. The predicted molar refractivity (Wildman–Crippen MR) is 81.7 cm³/mol. The van der Waals surface area contributed by atoms with Crippen molar-refractivity contribution < 1.29 is 13.5 Å². The lowest BCUT2D eigenvalue weighted by Gasteiger charge is -2.21. The summed E-state index contributed by atoms with van der Waals surface area (Å²) in [5.74, 6) is 0. The van der Waals surface area contributed by atoms with E-state index in [0.717, 1.165) is 12.8 Å². The van der Waals surface area contributed by atoms with Crippen molar-refractivity contribution in [3.63, 3.8) is 0 Å². The van der Waals surface area contributed by atoms with Crippen LogP contribution in [-0.4, -0.2) is 30.9 Å². The van der Waals surface area contributed by atoms with Gasteiger partial charge in [0, 0.05) is 18.1 Å². The molecule has 1 aromatic carbocycles. The summed E-state index contributed by atoms with van der Waals surface area (Å²) >= 11 is 11.9. The smallest absolute Gasteiger partial charge is 0.244 e. The summed E-state index contributed by atoms with van der Waals surface area (Å²) in [5, 5.41) is 9.53. The van der Waals surface area contributed by atoms with E-state index in [1.54, 1.807) is 6.92 Å². The molecule has 0 saturated carbocycles. The first kappa shape index (κ1) is 17.7. The van der Waals surface area contributed by atoms with Crippen LogP contribution in [0.3, 0.4) is 0 Å². The van der Waals surface area contributed by atoms with Crippen LogP contribution in [0.15, 0.2) is 17.0 Å². The fourth-order valence-corrected chi connectivity index (χ4v) is 4.13. The van der Waals surface area contributed by atoms with Crippen molar-refractivity contribution >= 4 is 33.2 Å². The molecule has 1 aromatic rings. The number of hydrogen-bond donors (Lipinski definition) is 1. The lowest BCUT2D eigenvalue weighted by Crippen LogP contribution is -2.32. The normalized spacial score (nSPS) is 12.1. The standard InChI is InChI=1S/C13H19Cl2NO3S/c1-3-5-6-16(4-2)20(18,19)13-7-10(9-17)11(14)8-12(13)15/h7-8,17H,3-6,9H2,1-2H3. The van der Waals surface area contributed by atoms with Gasteiger partial charge in [0.2, 0.25) is 10.0 Å². The minimum absolute atomic E-state index is 0.00873. The average Bonchev–Trinajstić information content (AvgIpc) is 2.39. The Bertz CT molecular complexity index is 561. The van der Waals surface area contributed by atoms with Gasteiger partial charge < -0.3 is 5.11 Å². The Hall–Kier alpha value is -0.330. The van der Waals surface area contributed by atoms with Crippen molar-refractivity contribution in [2.45, 2.75) is 38.2 Å². The van der Waals surface area contributed by atoms with E-state index in [2.05, 4.69) is 0 Å². The molecule has 0 aromatic heterocycles. The van der Waals surface area contributed by atoms with Crippen molar-refractivity contribution in [2.24, 2.45) is 0 Å². The molecule has 20 heavy (non-hydrogen) atoms. The molecular weight excluding hydrogens is 321 g/mol. The van der Waals surface area contributed by atoms with Gasteiger partial charge in [0.05, 0.1) is 11.6 Å². The highest BCUT2D eigenvalue weighted by molar-refractivity contribution is 7.89. The number of nitrogens with zero attached hydrogens (tertiary/aromatic N) is 1. The fraction of sp³-hybridized carbons (Fsp3) is 0.538. The minimum atomic E-state index is -3.67. The lowest BCUT2D eigenvalue weighted by atomic mass is 10.2. The second-order valence-electron chi connectivity index (χ2n) is 4.38. The maximum Gasteiger partial charge on any atom is 0.244 e. The van der Waals surface area contributed by atoms with Crippen LogP contribution in [-0.2, 0) is 16.6 Å². The van der Waals surface area contributed by atoms with E-state index in [9.17, 15) is 13.5 Å². The summed E-state index contributed by atoms with van der Waals surface area (Å²) in [6.45, 7) is 4.27. The summed E-state index contributed by atoms with van der Waals surface area (Å²) in [5.41, 5.74) is 0.348. The van der Waals surface area contributed by atoms with Gasteiger partial charge in [-0.05, 0) is 24.1 Å². The zero-order valence-corrected chi connectivity index (χ0v) is 13.9. The molecule has 114 valence electrons. The van der Waals surface area contributed by atoms with Crippen molar-refractivity contribution in [1.82, 2.24) is 4.31 Å². The van der Waals surface area contributed by atoms with Crippen LogP contribution in [0.5, 0.6) is 0 Å². The van der Waals surface area contributed by atoms with Crippen molar-refractivity contribution in [3.05, 3.63) is 27.7 Å². The van der Waals surface area contributed by atoms with E-state index < -0.39 is 10.0 Å². The van der Waals surface area contributed by atoms with Gasteiger partial charge in [0.15, 0.2) is 0 Å². The molecule has 0 aliphatic rings. The van der Waals surface area contributed by atoms with Crippen LogP contribution in [0, 0.1) is 0 Å². The van der Waals surface area contributed by atoms with Gasteiger partial charge in [0.25, 0.3) is 0 Å². The molecule has 7 heteroatoms. The van der Waals surface area contributed by atoms with Gasteiger partial charge in [-0.3, -0.25) is 0 Å². The van der Waals surface area contributed by atoms with E-state index in [4.69, 9.17) is 23.2 Å². The number of rotatable bonds is 7. The number of benzene rings is 1. The number of halogens is 2. The second-order valence-corrected chi connectivity index (χ2v) is 7.10. The Morgan fingerprint density at radius 3 is 2.35 bits per heavy atom. The molecule has 0 atom stereocenters. The second kappa shape index (κ2) is 7.61. The number of sulfonamides is 1. The van der Waals surface area contributed by atoms with E-state index in [0.29, 0.717) is 18.7 Å². The first-order chi connectivity index (χ1) is 9.38. The van der Waals surface area contributed by atoms with E-state index in [1.807, 2.05) is 6.92 Å². The zero-order chi connectivity index (χ0) is 15.3. The van der Waals surface area contributed by atoms with Crippen LogP contribution in [0.4, 0.5) is 0 Å². The molecule has 0 fully saturated rings. The molecule has 0 heterocycles. The van der Waals surface area contributed by atoms with Gasteiger partial charge in [-0.15, -0.1) is 0 Å². The highest BCUT2D eigenvalue weighted by Crippen LogP contribution is 2.30.